The summed E-state index contributed by atoms with van der Waals surface area (Å²) in [6.07, 6.45) is 5.86. The van der Waals surface area contributed by atoms with Crippen molar-refractivity contribution in [3.05, 3.63) is 94.9 Å². The minimum absolute atomic E-state index is 0.0342. The molecule has 3 aromatic rings. The van der Waals surface area contributed by atoms with Crippen molar-refractivity contribution in [1.29, 1.82) is 0 Å². The molecule has 0 saturated carbocycles. The largest absolute Gasteiger partial charge is 0.464 e. The molecule has 0 spiro atoms. The van der Waals surface area contributed by atoms with Crippen LogP contribution in [0.3, 0.4) is 0 Å². The van der Waals surface area contributed by atoms with Gasteiger partial charge in [-0.3, -0.25) is 9.59 Å². The second-order valence-corrected chi connectivity index (χ2v) is 9.47. The Balaban J connectivity index is 1.71. The van der Waals surface area contributed by atoms with Gasteiger partial charge in [-0.2, -0.15) is 0 Å². The van der Waals surface area contributed by atoms with Crippen LogP contribution in [0.1, 0.15) is 65.6 Å². The van der Waals surface area contributed by atoms with Gasteiger partial charge in [-0.25, -0.2) is 0 Å². The maximum Gasteiger partial charge on any atom is 0.254 e. The van der Waals surface area contributed by atoms with Crippen LogP contribution in [-0.2, 0) is 29.0 Å². The summed E-state index contributed by atoms with van der Waals surface area (Å²) in [5, 5.41) is 0. The number of amides is 2. The molecular formula is C31H40N2O4. The summed E-state index contributed by atoms with van der Waals surface area (Å²) in [6.45, 7) is 5.50. The van der Waals surface area contributed by atoms with Crippen molar-refractivity contribution in [1.82, 2.24) is 9.80 Å². The van der Waals surface area contributed by atoms with Crippen molar-refractivity contribution in [3.63, 3.8) is 0 Å². The Bertz CT molecular complexity index is 1090. The molecule has 1 aromatic heterocycles. The van der Waals surface area contributed by atoms with Crippen molar-refractivity contribution in [2.75, 3.05) is 26.8 Å². The van der Waals surface area contributed by atoms with E-state index in [-0.39, 0.29) is 18.4 Å². The molecule has 2 amide bonds. The fraction of sp³-hybridized carbons (Fsp3) is 0.419. The van der Waals surface area contributed by atoms with Gasteiger partial charge >= 0.3 is 0 Å². The number of carbonyl (C=O) groups is 2. The van der Waals surface area contributed by atoms with Gasteiger partial charge in [0.25, 0.3) is 5.91 Å². The van der Waals surface area contributed by atoms with Crippen LogP contribution >= 0.6 is 0 Å². The zero-order chi connectivity index (χ0) is 26.5. The minimum Gasteiger partial charge on any atom is -0.464 e. The number of aryl methyl sites for hydroxylation is 2. The average Bonchev–Trinajstić information content (AvgIpc) is 3.33. The second kappa shape index (κ2) is 15.0. The van der Waals surface area contributed by atoms with E-state index < -0.39 is 0 Å². The monoisotopic (exact) mass is 504 g/mol. The van der Waals surface area contributed by atoms with E-state index in [2.05, 4.69) is 6.92 Å². The van der Waals surface area contributed by atoms with Crippen molar-refractivity contribution < 1.29 is 18.7 Å². The molecule has 0 radical (unpaired) electrons. The van der Waals surface area contributed by atoms with Crippen molar-refractivity contribution in [2.24, 2.45) is 0 Å². The Kier molecular flexibility index (Phi) is 11.4. The quantitative estimate of drug-likeness (QED) is 0.237. The van der Waals surface area contributed by atoms with Crippen molar-refractivity contribution >= 4 is 11.8 Å². The summed E-state index contributed by atoms with van der Waals surface area (Å²) in [4.78, 5) is 30.3. The first-order valence-corrected chi connectivity index (χ1v) is 13.2. The molecule has 2 aromatic carbocycles. The maximum atomic E-state index is 13.5. The van der Waals surface area contributed by atoms with E-state index in [1.54, 1.807) is 16.9 Å². The van der Waals surface area contributed by atoms with Gasteiger partial charge in [-0.05, 0) is 55.2 Å². The lowest BCUT2D eigenvalue weighted by Crippen LogP contribution is -2.43. The highest BCUT2D eigenvalue weighted by Gasteiger charge is 2.23. The summed E-state index contributed by atoms with van der Waals surface area (Å²) in [5.74, 6) is 1.20. The SMILES string of the molecule is CCCCCCc1ccc(C(=O)N(CCOC)CC(=O)N(Cc2ccccc2)Cc2ccc(C)o2)cc1. The highest BCUT2D eigenvalue weighted by Crippen LogP contribution is 2.15. The summed E-state index contributed by atoms with van der Waals surface area (Å²) in [5.41, 5.74) is 2.83. The van der Waals surface area contributed by atoms with Crippen LogP contribution in [0.5, 0.6) is 0 Å². The Morgan fingerprint density at radius 3 is 2.24 bits per heavy atom. The van der Waals surface area contributed by atoms with Gasteiger partial charge in [0.05, 0.1) is 13.2 Å². The maximum absolute atomic E-state index is 13.5. The summed E-state index contributed by atoms with van der Waals surface area (Å²) in [6, 6.07) is 21.4. The lowest BCUT2D eigenvalue weighted by molar-refractivity contribution is -0.133. The van der Waals surface area contributed by atoms with Gasteiger partial charge in [-0.1, -0.05) is 68.7 Å². The molecule has 0 aliphatic rings. The normalized spacial score (nSPS) is 10.9. The number of hydrogen-bond acceptors (Lipinski definition) is 4. The predicted octanol–water partition coefficient (Wildman–Crippen LogP) is 6.03. The number of unbranched alkanes of at least 4 members (excludes halogenated alkanes) is 3. The van der Waals surface area contributed by atoms with E-state index in [9.17, 15) is 9.59 Å². The fourth-order valence-corrected chi connectivity index (χ4v) is 4.26. The van der Waals surface area contributed by atoms with Crippen molar-refractivity contribution in [2.45, 2.75) is 59.0 Å². The zero-order valence-electron chi connectivity index (χ0n) is 22.4. The molecule has 37 heavy (non-hydrogen) atoms. The molecule has 0 aliphatic carbocycles. The number of rotatable bonds is 15. The minimum atomic E-state index is -0.170. The third-order valence-electron chi connectivity index (χ3n) is 6.41. The van der Waals surface area contributed by atoms with E-state index in [1.165, 1.54) is 24.8 Å². The number of ether oxygens (including phenoxy) is 1. The molecule has 0 N–H and O–H groups in total. The van der Waals surface area contributed by atoms with E-state index in [1.807, 2.05) is 73.7 Å². The highest BCUT2D eigenvalue weighted by molar-refractivity contribution is 5.96. The third-order valence-corrected chi connectivity index (χ3v) is 6.41. The molecule has 6 nitrogen and oxygen atoms in total. The fourth-order valence-electron chi connectivity index (χ4n) is 4.26. The van der Waals surface area contributed by atoms with Gasteiger partial charge in [0.15, 0.2) is 0 Å². The smallest absolute Gasteiger partial charge is 0.254 e. The van der Waals surface area contributed by atoms with Gasteiger partial charge < -0.3 is 19.0 Å². The predicted molar refractivity (Wildman–Crippen MR) is 146 cm³/mol. The summed E-state index contributed by atoms with van der Waals surface area (Å²) >= 11 is 0. The van der Waals surface area contributed by atoms with Crippen LogP contribution in [0.15, 0.2) is 71.1 Å². The van der Waals surface area contributed by atoms with Gasteiger partial charge in [0, 0.05) is 25.8 Å². The molecule has 0 fully saturated rings. The third kappa shape index (κ3) is 9.21. The standard InChI is InChI=1S/C31H40N2O4/c1-4-5-6-8-11-26-15-17-28(18-16-26)31(35)32(20-21-36-3)24-30(34)33(22-27-12-9-7-10-13-27)23-29-19-14-25(2)37-29/h7,9-10,12-19H,4-6,8,11,20-24H2,1-3H3. The molecule has 0 aliphatic heterocycles. The molecular weight excluding hydrogens is 464 g/mol. The van der Waals surface area contributed by atoms with Crippen LogP contribution in [0.25, 0.3) is 0 Å². The molecule has 6 heteroatoms. The van der Waals surface area contributed by atoms with E-state index >= 15 is 0 Å². The van der Waals surface area contributed by atoms with Crippen LogP contribution < -0.4 is 0 Å². The summed E-state index contributed by atoms with van der Waals surface area (Å²) in [7, 11) is 1.60. The Labute approximate surface area is 221 Å². The van der Waals surface area contributed by atoms with Gasteiger partial charge in [0.2, 0.25) is 5.91 Å². The highest BCUT2D eigenvalue weighted by atomic mass is 16.5. The number of methoxy groups -OCH3 is 1. The Hall–Kier alpha value is -3.38. The number of furan rings is 1. The Morgan fingerprint density at radius 1 is 0.838 bits per heavy atom. The van der Waals surface area contributed by atoms with Gasteiger partial charge in [-0.15, -0.1) is 0 Å². The van der Waals surface area contributed by atoms with Crippen LogP contribution in [0, 0.1) is 6.92 Å². The molecule has 0 bridgehead atoms. The zero-order valence-corrected chi connectivity index (χ0v) is 22.4. The van der Waals surface area contributed by atoms with E-state index in [4.69, 9.17) is 9.15 Å². The molecule has 0 saturated heterocycles. The summed E-state index contributed by atoms with van der Waals surface area (Å²) < 4.78 is 11.0. The van der Waals surface area contributed by atoms with Crippen molar-refractivity contribution in [3.8, 4) is 0 Å². The number of nitrogens with zero attached hydrogens (tertiary/aromatic N) is 2. The first-order chi connectivity index (χ1) is 18.0. The first-order valence-electron chi connectivity index (χ1n) is 13.2. The number of benzene rings is 2. The van der Waals surface area contributed by atoms with Gasteiger partial charge in [0.1, 0.15) is 18.1 Å². The van der Waals surface area contributed by atoms with E-state index in [0.29, 0.717) is 37.6 Å². The lowest BCUT2D eigenvalue weighted by Gasteiger charge is -2.27. The first kappa shape index (κ1) is 28.2. The second-order valence-electron chi connectivity index (χ2n) is 9.47. The molecule has 0 unspecified atom stereocenters. The average molecular weight is 505 g/mol. The Morgan fingerprint density at radius 2 is 1.59 bits per heavy atom. The molecule has 1 heterocycles. The topological polar surface area (TPSA) is 63.0 Å². The lowest BCUT2D eigenvalue weighted by atomic mass is 10.0. The van der Waals surface area contributed by atoms with E-state index in [0.717, 1.165) is 24.2 Å². The molecule has 198 valence electrons. The van der Waals surface area contributed by atoms with Crippen LogP contribution in [-0.4, -0.2) is 48.4 Å². The number of hydrogen-bond donors (Lipinski definition) is 0. The molecule has 0 atom stereocenters. The number of carbonyl (C=O) groups excluding carboxylic acids is 2. The molecule has 3 rings (SSSR count). The van der Waals surface area contributed by atoms with Crippen LogP contribution in [0.4, 0.5) is 0 Å². The van der Waals surface area contributed by atoms with Crippen LogP contribution in [0.2, 0.25) is 0 Å².